The number of carbonyl (C=O) groups excluding carboxylic acids is 2. The Kier molecular flexibility index (Phi) is 7.73. The lowest BCUT2D eigenvalue weighted by Gasteiger charge is -2.34. The third-order valence-electron chi connectivity index (χ3n) is 7.36. The van der Waals surface area contributed by atoms with Crippen molar-refractivity contribution < 1.29 is 9.59 Å². The molecule has 3 aromatic rings. The predicted octanol–water partition coefficient (Wildman–Crippen LogP) is 2.26. The zero-order chi connectivity index (χ0) is 26.5. The van der Waals surface area contributed by atoms with E-state index in [9.17, 15) is 14.4 Å². The molecule has 1 aromatic carbocycles. The molecule has 0 atom stereocenters. The summed E-state index contributed by atoms with van der Waals surface area (Å²) < 4.78 is 0. The molecule has 0 unspecified atom stereocenters. The molecular formula is C27H34N8O3. The average molecular weight is 519 g/mol. The normalized spacial score (nSPS) is 20.1. The summed E-state index contributed by atoms with van der Waals surface area (Å²) in [5.74, 6) is -0.594. The Morgan fingerprint density at radius 1 is 0.947 bits per heavy atom. The first-order valence-electron chi connectivity index (χ1n) is 13.1. The van der Waals surface area contributed by atoms with Gasteiger partial charge in [0.15, 0.2) is 0 Å². The Balaban J connectivity index is 1.18. The quantitative estimate of drug-likeness (QED) is 0.323. The number of nitrogens with zero attached hydrogens (tertiary/aromatic N) is 3. The number of nitrogens with one attached hydrogen (secondary N) is 5. The van der Waals surface area contributed by atoms with Crippen molar-refractivity contribution in [2.24, 2.45) is 0 Å². The van der Waals surface area contributed by atoms with E-state index in [2.05, 4.69) is 48.0 Å². The lowest BCUT2D eigenvalue weighted by atomic mass is 9.90. The molecule has 0 spiro atoms. The fourth-order valence-corrected chi connectivity index (χ4v) is 5.08. The van der Waals surface area contributed by atoms with Gasteiger partial charge in [0.2, 0.25) is 0 Å². The number of anilines is 3. The van der Waals surface area contributed by atoms with Crippen molar-refractivity contribution in [2.45, 2.75) is 37.8 Å². The summed E-state index contributed by atoms with van der Waals surface area (Å²) in [6, 6.07) is 9.63. The second-order valence-electron chi connectivity index (χ2n) is 10.0. The van der Waals surface area contributed by atoms with Crippen molar-refractivity contribution in [3.8, 4) is 0 Å². The number of likely N-dealkylation sites (N-methyl/N-ethyl adjacent to an activating group) is 1. The predicted molar refractivity (Wildman–Crippen MR) is 147 cm³/mol. The average Bonchev–Trinajstić information content (AvgIpc) is 3.46. The van der Waals surface area contributed by atoms with Crippen LogP contribution in [-0.2, 0) is 0 Å². The topological polar surface area (TPSA) is 138 Å². The molecule has 0 bridgehead atoms. The molecule has 1 aliphatic carbocycles. The number of amides is 2. The van der Waals surface area contributed by atoms with Crippen LogP contribution in [0.4, 0.5) is 17.1 Å². The summed E-state index contributed by atoms with van der Waals surface area (Å²) in [5, 5.41) is 15.8. The number of rotatable bonds is 7. The molecule has 38 heavy (non-hydrogen) atoms. The maximum Gasteiger partial charge on any atom is 0.263 e. The highest BCUT2D eigenvalue weighted by Crippen LogP contribution is 2.25. The van der Waals surface area contributed by atoms with Crippen molar-refractivity contribution in [1.29, 1.82) is 0 Å². The van der Waals surface area contributed by atoms with Crippen LogP contribution < -0.4 is 26.4 Å². The van der Waals surface area contributed by atoms with Crippen molar-refractivity contribution in [3.05, 3.63) is 70.4 Å². The fourth-order valence-electron chi connectivity index (χ4n) is 5.08. The SMILES string of the molecule is CN1CCN(c2ccc(NC(=O)c3c(NC4CCC(NC(=O)c5cn[nH]c5)CC4)cc[nH]c3=O)cc2)CC1. The second kappa shape index (κ2) is 11.5. The molecule has 2 aliphatic rings. The van der Waals surface area contributed by atoms with Crippen molar-refractivity contribution in [1.82, 2.24) is 25.4 Å². The number of piperazine rings is 1. The largest absolute Gasteiger partial charge is 0.381 e. The van der Waals surface area contributed by atoms with Crippen LogP contribution in [0.15, 0.2) is 53.7 Å². The van der Waals surface area contributed by atoms with Crippen LogP contribution in [-0.4, -0.2) is 77.2 Å². The maximum absolute atomic E-state index is 13.2. The molecule has 1 saturated carbocycles. The van der Waals surface area contributed by atoms with Crippen LogP contribution in [0.5, 0.6) is 0 Å². The minimum Gasteiger partial charge on any atom is -0.381 e. The van der Waals surface area contributed by atoms with Gasteiger partial charge in [-0.15, -0.1) is 0 Å². The molecule has 11 heteroatoms. The molecule has 2 fully saturated rings. The number of hydrogen-bond donors (Lipinski definition) is 5. The Bertz CT molecular complexity index is 1290. The van der Waals surface area contributed by atoms with Crippen LogP contribution in [0.3, 0.4) is 0 Å². The lowest BCUT2D eigenvalue weighted by molar-refractivity contribution is 0.0925. The van der Waals surface area contributed by atoms with Crippen LogP contribution in [0.25, 0.3) is 0 Å². The van der Waals surface area contributed by atoms with Gasteiger partial charge < -0.3 is 30.7 Å². The van der Waals surface area contributed by atoms with Gasteiger partial charge in [-0.1, -0.05) is 0 Å². The van der Waals surface area contributed by atoms with Gasteiger partial charge in [0, 0.05) is 62.0 Å². The Morgan fingerprint density at radius 3 is 2.34 bits per heavy atom. The third kappa shape index (κ3) is 6.05. The van der Waals surface area contributed by atoms with E-state index in [0.717, 1.165) is 57.5 Å². The zero-order valence-corrected chi connectivity index (χ0v) is 21.5. The monoisotopic (exact) mass is 518 g/mol. The minimum atomic E-state index is -0.456. The Hall–Kier alpha value is -4.12. The standard InChI is InChI=1S/C27H34N8O3/c1-34-12-14-35(15-13-34)22-8-6-21(7-9-22)33-27(38)24-23(10-11-28-26(24)37)31-19-2-4-20(5-3-19)32-25(36)18-16-29-30-17-18/h6-11,16-17,19-20H,2-5,12-15H2,1H3,(H,29,30)(H,32,36)(H,33,38)(H2,28,31,37). The highest BCUT2D eigenvalue weighted by molar-refractivity contribution is 6.07. The molecule has 200 valence electrons. The molecule has 5 N–H and O–H groups in total. The minimum absolute atomic E-state index is 0.0611. The number of H-pyrrole nitrogens is 2. The maximum atomic E-state index is 13.2. The molecule has 0 radical (unpaired) electrons. The second-order valence-corrected chi connectivity index (χ2v) is 10.0. The van der Waals surface area contributed by atoms with E-state index in [1.54, 1.807) is 18.5 Å². The number of pyridine rings is 1. The van der Waals surface area contributed by atoms with E-state index in [0.29, 0.717) is 16.9 Å². The van der Waals surface area contributed by atoms with E-state index in [1.165, 1.54) is 6.20 Å². The third-order valence-corrected chi connectivity index (χ3v) is 7.36. The van der Waals surface area contributed by atoms with Crippen LogP contribution in [0, 0.1) is 0 Å². The summed E-state index contributed by atoms with van der Waals surface area (Å²) in [4.78, 5) is 45.4. The Labute approximate surface area is 221 Å². The van der Waals surface area contributed by atoms with Gasteiger partial charge in [0.05, 0.1) is 17.4 Å². The smallest absolute Gasteiger partial charge is 0.263 e. The molecular weight excluding hydrogens is 484 g/mol. The number of benzene rings is 1. The van der Waals surface area contributed by atoms with Gasteiger partial charge in [0.1, 0.15) is 5.56 Å². The lowest BCUT2D eigenvalue weighted by Crippen LogP contribution is -2.44. The van der Waals surface area contributed by atoms with E-state index >= 15 is 0 Å². The van der Waals surface area contributed by atoms with Crippen molar-refractivity contribution in [2.75, 3.05) is 48.8 Å². The summed E-state index contributed by atoms with van der Waals surface area (Å²) >= 11 is 0. The zero-order valence-electron chi connectivity index (χ0n) is 21.5. The molecule has 2 aromatic heterocycles. The van der Waals surface area contributed by atoms with Gasteiger partial charge >= 0.3 is 0 Å². The summed E-state index contributed by atoms with van der Waals surface area (Å²) in [6.07, 6.45) is 7.82. The highest BCUT2D eigenvalue weighted by Gasteiger charge is 2.25. The molecule has 1 aliphatic heterocycles. The van der Waals surface area contributed by atoms with E-state index in [1.807, 2.05) is 24.3 Å². The molecule has 3 heterocycles. The number of hydrogen-bond acceptors (Lipinski definition) is 7. The first kappa shape index (κ1) is 25.5. The summed E-state index contributed by atoms with van der Waals surface area (Å²) in [7, 11) is 2.12. The highest BCUT2D eigenvalue weighted by atomic mass is 16.2. The van der Waals surface area contributed by atoms with Crippen LogP contribution >= 0.6 is 0 Å². The van der Waals surface area contributed by atoms with Gasteiger partial charge in [-0.05, 0) is 63.1 Å². The summed E-state index contributed by atoms with van der Waals surface area (Å²) in [6.45, 7) is 3.98. The molecule has 2 amide bonds. The first-order valence-corrected chi connectivity index (χ1v) is 13.1. The van der Waals surface area contributed by atoms with E-state index in [-0.39, 0.29) is 23.6 Å². The van der Waals surface area contributed by atoms with Crippen molar-refractivity contribution >= 4 is 28.9 Å². The number of carbonyl (C=O) groups is 2. The number of aromatic amines is 2. The van der Waals surface area contributed by atoms with Gasteiger partial charge in [-0.25, -0.2) is 0 Å². The number of aromatic nitrogens is 3. The molecule has 11 nitrogen and oxygen atoms in total. The van der Waals surface area contributed by atoms with Crippen LogP contribution in [0.1, 0.15) is 46.4 Å². The van der Waals surface area contributed by atoms with Crippen LogP contribution in [0.2, 0.25) is 0 Å². The van der Waals surface area contributed by atoms with E-state index < -0.39 is 11.5 Å². The van der Waals surface area contributed by atoms with Crippen molar-refractivity contribution in [3.63, 3.8) is 0 Å². The molecule has 1 saturated heterocycles. The van der Waals surface area contributed by atoms with Gasteiger partial charge in [-0.3, -0.25) is 19.5 Å². The first-order chi connectivity index (χ1) is 18.5. The van der Waals surface area contributed by atoms with Gasteiger partial charge in [-0.2, -0.15) is 5.10 Å². The van der Waals surface area contributed by atoms with E-state index in [4.69, 9.17) is 0 Å². The fraction of sp³-hybridized carbons (Fsp3) is 0.407. The Morgan fingerprint density at radius 2 is 1.66 bits per heavy atom. The van der Waals surface area contributed by atoms with Gasteiger partial charge in [0.25, 0.3) is 17.4 Å². The molecule has 5 rings (SSSR count). The summed E-state index contributed by atoms with van der Waals surface area (Å²) in [5.41, 5.74) is 2.39.